The van der Waals surface area contributed by atoms with E-state index in [0.29, 0.717) is 35.1 Å². The van der Waals surface area contributed by atoms with Crippen molar-refractivity contribution in [3.05, 3.63) is 87.9 Å². The molecule has 1 aliphatic heterocycles. The molecule has 6 nitrogen and oxygen atoms in total. The van der Waals surface area contributed by atoms with Crippen molar-refractivity contribution in [2.45, 2.75) is 32.1 Å². The molecule has 1 atom stereocenters. The van der Waals surface area contributed by atoms with Gasteiger partial charge in [0.25, 0.3) is 5.91 Å². The molecule has 2 aromatic carbocycles. The Morgan fingerprint density at radius 3 is 2.43 bits per heavy atom. The molecule has 0 radical (unpaired) electrons. The highest BCUT2D eigenvalue weighted by Crippen LogP contribution is 2.39. The van der Waals surface area contributed by atoms with E-state index in [2.05, 4.69) is 41.3 Å². The lowest BCUT2D eigenvalue weighted by Crippen LogP contribution is -2.48. The number of carbonyl (C=O) groups excluding carboxylic acids is 2. The van der Waals surface area contributed by atoms with E-state index in [0.717, 1.165) is 53.9 Å². The average Bonchev–Trinajstić information content (AvgIpc) is 3.26. The SMILES string of the molecule is CC(=O)c1ccc(N2CCN(C(=O)c3sc4nc5c(cc4c3N)CC(c3ccccc3)CC5)CC2)cc1. The maximum atomic E-state index is 13.5. The molecule has 3 heterocycles. The number of fused-ring (bicyclic) bond motifs is 2. The van der Waals surface area contributed by atoms with E-state index >= 15 is 0 Å². The summed E-state index contributed by atoms with van der Waals surface area (Å²) in [6.45, 7) is 4.31. The Hall–Kier alpha value is -3.71. The minimum atomic E-state index is -0.00721. The van der Waals surface area contributed by atoms with Gasteiger partial charge in [-0.15, -0.1) is 11.3 Å². The van der Waals surface area contributed by atoms with Gasteiger partial charge in [-0.25, -0.2) is 4.98 Å². The number of piperazine rings is 1. The Morgan fingerprint density at radius 2 is 1.73 bits per heavy atom. The van der Waals surface area contributed by atoms with Crippen LogP contribution >= 0.6 is 11.3 Å². The third kappa shape index (κ3) is 4.48. The smallest absolute Gasteiger partial charge is 0.266 e. The second-order valence-corrected chi connectivity index (χ2v) is 11.0. The molecule has 4 aromatic rings. The fraction of sp³-hybridized carbons (Fsp3) is 0.300. The Labute approximate surface area is 220 Å². The van der Waals surface area contributed by atoms with E-state index in [1.54, 1.807) is 6.92 Å². The molecule has 0 saturated carbocycles. The number of anilines is 2. The number of hydrogen-bond donors (Lipinski definition) is 1. The third-order valence-electron chi connectivity index (χ3n) is 7.76. The zero-order valence-corrected chi connectivity index (χ0v) is 21.8. The largest absolute Gasteiger partial charge is 0.397 e. The van der Waals surface area contributed by atoms with E-state index in [1.807, 2.05) is 29.2 Å². The summed E-state index contributed by atoms with van der Waals surface area (Å²) in [7, 11) is 0. The molecule has 188 valence electrons. The van der Waals surface area contributed by atoms with Gasteiger partial charge < -0.3 is 15.5 Å². The summed E-state index contributed by atoms with van der Waals surface area (Å²) < 4.78 is 0. The predicted octanol–water partition coefficient (Wildman–Crippen LogP) is 5.32. The summed E-state index contributed by atoms with van der Waals surface area (Å²) in [5.74, 6) is 0.547. The zero-order chi connectivity index (χ0) is 25.5. The van der Waals surface area contributed by atoms with Crippen molar-refractivity contribution in [3.8, 4) is 0 Å². The van der Waals surface area contributed by atoms with Gasteiger partial charge in [0, 0.05) is 48.5 Å². The normalized spacial score (nSPS) is 17.6. The number of ketones is 1. The van der Waals surface area contributed by atoms with Crippen molar-refractivity contribution >= 4 is 44.6 Å². The standard InChI is InChI=1S/C30H30N4O2S/c1-19(35)20-7-10-24(11-8-20)33-13-15-34(16-14-33)30(36)28-27(31)25-18-23-17-22(21-5-3-2-4-6-21)9-12-26(23)32-29(25)37-28/h2-8,10-11,18,22H,9,12-17,31H2,1H3. The van der Waals surface area contributed by atoms with Gasteiger partial charge in [-0.3, -0.25) is 9.59 Å². The number of benzene rings is 2. The van der Waals surface area contributed by atoms with Crippen LogP contribution in [0.4, 0.5) is 11.4 Å². The van der Waals surface area contributed by atoms with Gasteiger partial charge in [0.1, 0.15) is 9.71 Å². The summed E-state index contributed by atoms with van der Waals surface area (Å²) in [6, 6.07) is 20.5. The van der Waals surface area contributed by atoms with Crippen molar-refractivity contribution in [2.75, 3.05) is 36.8 Å². The number of pyridine rings is 1. The number of nitrogens with zero attached hydrogens (tertiary/aromatic N) is 3. The molecule has 0 spiro atoms. The molecular weight excluding hydrogens is 480 g/mol. The van der Waals surface area contributed by atoms with Gasteiger partial charge in [-0.2, -0.15) is 0 Å². The number of carbonyl (C=O) groups is 2. The molecule has 7 heteroatoms. The number of aryl methyl sites for hydroxylation is 1. The van der Waals surface area contributed by atoms with Crippen LogP contribution in [0.3, 0.4) is 0 Å². The monoisotopic (exact) mass is 510 g/mol. The first-order valence-electron chi connectivity index (χ1n) is 12.9. The van der Waals surface area contributed by atoms with E-state index in [4.69, 9.17) is 10.7 Å². The molecule has 6 rings (SSSR count). The number of nitrogen functional groups attached to an aromatic ring is 1. The van der Waals surface area contributed by atoms with Crippen molar-refractivity contribution in [2.24, 2.45) is 0 Å². The highest BCUT2D eigenvalue weighted by atomic mass is 32.1. The average molecular weight is 511 g/mol. The van der Waals surface area contributed by atoms with Crippen molar-refractivity contribution < 1.29 is 9.59 Å². The fourth-order valence-corrected chi connectivity index (χ4v) is 6.64. The predicted molar refractivity (Wildman–Crippen MR) is 150 cm³/mol. The van der Waals surface area contributed by atoms with Crippen LogP contribution in [0.5, 0.6) is 0 Å². The molecular formula is C30H30N4O2S. The van der Waals surface area contributed by atoms with Crippen molar-refractivity contribution in [1.29, 1.82) is 0 Å². The Kier molecular flexibility index (Phi) is 6.16. The van der Waals surface area contributed by atoms with Crippen LogP contribution in [-0.4, -0.2) is 47.8 Å². The molecule has 2 aliphatic rings. The number of aromatic nitrogens is 1. The molecule has 1 aliphatic carbocycles. The van der Waals surface area contributed by atoms with Crippen LogP contribution < -0.4 is 10.6 Å². The van der Waals surface area contributed by atoms with Crippen molar-refractivity contribution in [1.82, 2.24) is 9.88 Å². The Morgan fingerprint density at radius 1 is 1.00 bits per heavy atom. The first-order valence-corrected chi connectivity index (χ1v) is 13.7. The van der Waals surface area contributed by atoms with E-state index in [-0.39, 0.29) is 11.7 Å². The number of nitrogens with two attached hydrogens (primary N) is 1. The maximum absolute atomic E-state index is 13.5. The molecule has 2 aromatic heterocycles. The molecule has 2 N–H and O–H groups in total. The van der Waals surface area contributed by atoms with E-state index in [9.17, 15) is 9.59 Å². The van der Waals surface area contributed by atoms with Crippen molar-refractivity contribution in [3.63, 3.8) is 0 Å². The van der Waals surface area contributed by atoms with Crippen LogP contribution in [0.25, 0.3) is 10.2 Å². The Bertz CT molecular complexity index is 1470. The van der Waals surface area contributed by atoms with Gasteiger partial charge in [-0.05, 0) is 73.6 Å². The first kappa shape index (κ1) is 23.7. The number of hydrogen-bond acceptors (Lipinski definition) is 6. The summed E-state index contributed by atoms with van der Waals surface area (Å²) in [5, 5.41) is 0.907. The third-order valence-corrected chi connectivity index (χ3v) is 8.86. The lowest BCUT2D eigenvalue weighted by atomic mass is 9.82. The van der Waals surface area contributed by atoms with Crippen LogP contribution in [0, 0.1) is 0 Å². The minimum Gasteiger partial charge on any atom is -0.397 e. The number of amides is 1. The van der Waals surface area contributed by atoms with Crippen LogP contribution in [0.15, 0.2) is 60.7 Å². The number of thiophene rings is 1. The van der Waals surface area contributed by atoms with Gasteiger partial charge in [0.2, 0.25) is 0 Å². The number of rotatable bonds is 4. The Balaban J connectivity index is 1.18. The fourth-order valence-electron chi connectivity index (χ4n) is 5.58. The second-order valence-electron chi connectivity index (χ2n) is 10.0. The van der Waals surface area contributed by atoms with Crippen LogP contribution in [0.2, 0.25) is 0 Å². The van der Waals surface area contributed by atoms with E-state index in [1.165, 1.54) is 22.5 Å². The second kappa shape index (κ2) is 9.63. The summed E-state index contributed by atoms with van der Waals surface area (Å²) in [4.78, 5) is 35.6. The minimum absolute atomic E-state index is 0.00721. The lowest BCUT2D eigenvalue weighted by molar-refractivity contribution is 0.0752. The summed E-state index contributed by atoms with van der Waals surface area (Å²) >= 11 is 1.42. The van der Waals surface area contributed by atoms with Gasteiger partial charge >= 0.3 is 0 Å². The van der Waals surface area contributed by atoms with Crippen LogP contribution in [0.1, 0.15) is 56.1 Å². The molecule has 0 bridgehead atoms. The lowest BCUT2D eigenvalue weighted by Gasteiger charge is -2.36. The molecule has 37 heavy (non-hydrogen) atoms. The van der Waals surface area contributed by atoms with Gasteiger partial charge in [0.15, 0.2) is 5.78 Å². The summed E-state index contributed by atoms with van der Waals surface area (Å²) in [6.07, 6.45) is 2.99. The zero-order valence-electron chi connectivity index (χ0n) is 20.9. The highest BCUT2D eigenvalue weighted by Gasteiger charge is 2.28. The van der Waals surface area contributed by atoms with E-state index < -0.39 is 0 Å². The maximum Gasteiger partial charge on any atom is 0.266 e. The molecule has 1 saturated heterocycles. The molecule has 1 fully saturated rings. The van der Waals surface area contributed by atoms with Crippen LogP contribution in [-0.2, 0) is 12.8 Å². The van der Waals surface area contributed by atoms with Gasteiger partial charge in [-0.1, -0.05) is 30.3 Å². The topological polar surface area (TPSA) is 79.5 Å². The summed E-state index contributed by atoms with van der Waals surface area (Å²) in [5.41, 5.74) is 12.7. The first-order chi connectivity index (χ1) is 18.0. The molecule has 1 unspecified atom stereocenters. The molecule has 1 amide bonds. The highest BCUT2D eigenvalue weighted by molar-refractivity contribution is 7.21. The quantitative estimate of drug-likeness (QED) is 0.376. The van der Waals surface area contributed by atoms with Gasteiger partial charge in [0.05, 0.1) is 5.69 Å². The number of Topliss-reactive ketones (excluding diaryl/α,β-unsaturated/α-hetero) is 1.